The third-order valence-electron chi connectivity index (χ3n) is 2.46. The SMILES string of the molecule is CC(C)(/N=N\C(C)(C)C(=O)NCCO)C(=O)NCCO. The van der Waals surface area contributed by atoms with E-state index in [0.717, 1.165) is 0 Å². The zero-order valence-corrected chi connectivity index (χ0v) is 12.4. The number of amides is 2. The lowest BCUT2D eigenvalue weighted by Gasteiger charge is -2.21. The summed E-state index contributed by atoms with van der Waals surface area (Å²) < 4.78 is 0. The van der Waals surface area contributed by atoms with Crippen molar-refractivity contribution in [2.24, 2.45) is 10.2 Å². The molecule has 0 fully saturated rings. The lowest BCUT2D eigenvalue weighted by molar-refractivity contribution is -0.127. The molecule has 2 amide bonds. The van der Waals surface area contributed by atoms with Crippen LogP contribution in [0.1, 0.15) is 27.7 Å². The number of aliphatic hydroxyl groups excluding tert-OH is 2. The fourth-order valence-electron chi connectivity index (χ4n) is 1.11. The molecule has 0 bridgehead atoms. The molecule has 0 aromatic heterocycles. The molecule has 0 unspecified atom stereocenters. The van der Waals surface area contributed by atoms with Crippen molar-refractivity contribution >= 4 is 11.8 Å². The topological polar surface area (TPSA) is 123 Å². The number of carbonyl (C=O) groups is 2. The standard InChI is InChI=1S/C12H24N4O4/c1-11(2,9(19)13-5-7-17)15-16-12(3,4)10(20)14-6-8-18/h17-18H,5-8H2,1-4H3,(H,13,19)(H,14,20)/b16-15-. The third-order valence-corrected chi connectivity index (χ3v) is 2.46. The Kier molecular flexibility index (Phi) is 7.30. The first-order valence-electron chi connectivity index (χ1n) is 6.40. The van der Waals surface area contributed by atoms with Crippen LogP contribution in [0, 0.1) is 0 Å². The van der Waals surface area contributed by atoms with Gasteiger partial charge < -0.3 is 20.8 Å². The summed E-state index contributed by atoms with van der Waals surface area (Å²) in [5.74, 6) is -0.774. The zero-order chi connectivity index (χ0) is 15.8. The van der Waals surface area contributed by atoms with E-state index in [1.54, 1.807) is 27.7 Å². The van der Waals surface area contributed by atoms with Gasteiger partial charge in [0.1, 0.15) is 0 Å². The number of nitrogens with one attached hydrogen (secondary N) is 2. The number of nitrogens with zero attached hydrogens (tertiary/aromatic N) is 2. The van der Waals surface area contributed by atoms with Gasteiger partial charge in [0.05, 0.1) is 13.2 Å². The lowest BCUT2D eigenvalue weighted by Crippen LogP contribution is -2.44. The summed E-state index contributed by atoms with van der Waals surface area (Å²) in [4.78, 5) is 23.5. The summed E-state index contributed by atoms with van der Waals surface area (Å²) in [6.07, 6.45) is 0. The smallest absolute Gasteiger partial charge is 0.249 e. The summed E-state index contributed by atoms with van der Waals surface area (Å²) in [5.41, 5.74) is -2.27. The van der Waals surface area contributed by atoms with Gasteiger partial charge in [0.2, 0.25) is 11.8 Å². The highest BCUT2D eigenvalue weighted by molar-refractivity contribution is 5.86. The van der Waals surface area contributed by atoms with E-state index in [2.05, 4.69) is 20.9 Å². The quantitative estimate of drug-likeness (QED) is 0.437. The summed E-state index contributed by atoms with van der Waals surface area (Å²) >= 11 is 0. The van der Waals surface area contributed by atoms with Gasteiger partial charge in [0.15, 0.2) is 11.1 Å². The van der Waals surface area contributed by atoms with E-state index in [9.17, 15) is 9.59 Å². The first-order chi connectivity index (χ1) is 9.17. The number of rotatable bonds is 8. The van der Waals surface area contributed by atoms with Crippen LogP contribution < -0.4 is 10.6 Å². The Morgan fingerprint density at radius 2 is 1.15 bits per heavy atom. The van der Waals surface area contributed by atoms with Crippen LogP contribution in [0.2, 0.25) is 0 Å². The van der Waals surface area contributed by atoms with Gasteiger partial charge in [-0.15, -0.1) is 0 Å². The van der Waals surface area contributed by atoms with Gasteiger partial charge in [-0.1, -0.05) is 0 Å². The molecule has 0 spiro atoms. The maximum atomic E-state index is 11.8. The van der Waals surface area contributed by atoms with Gasteiger partial charge in [-0.3, -0.25) is 9.59 Å². The van der Waals surface area contributed by atoms with Gasteiger partial charge >= 0.3 is 0 Å². The van der Waals surface area contributed by atoms with E-state index in [1.165, 1.54) is 0 Å². The molecule has 0 aliphatic carbocycles. The van der Waals surface area contributed by atoms with Crippen LogP contribution in [0.3, 0.4) is 0 Å². The van der Waals surface area contributed by atoms with Crippen molar-refractivity contribution in [3.63, 3.8) is 0 Å². The highest BCUT2D eigenvalue weighted by Gasteiger charge is 2.31. The third kappa shape index (κ3) is 6.07. The molecule has 0 saturated heterocycles. The van der Waals surface area contributed by atoms with E-state index in [0.29, 0.717) is 0 Å². The van der Waals surface area contributed by atoms with Gasteiger partial charge in [0.25, 0.3) is 0 Å². The summed E-state index contributed by atoms with van der Waals surface area (Å²) in [7, 11) is 0. The fourth-order valence-corrected chi connectivity index (χ4v) is 1.11. The van der Waals surface area contributed by atoms with Crippen molar-refractivity contribution in [3.8, 4) is 0 Å². The van der Waals surface area contributed by atoms with Crippen LogP contribution in [0.4, 0.5) is 0 Å². The fraction of sp³-hybridized carbons (Fsp3) is 0.833. The summed E-state index contributed by atoms with van der Waals surface area (Å²) in [6, 6.07) is 0. The molecule has 8 nitrogen and oxygen atoms in total. The van der Waals surface area contributed by atoms with E-state index in [1.807, 2.05) is 0 Å². The van der Waals surface area contributed by atoms with E-state index >= 15 is 0 Å². The van der Waals surface area contributed by atoms with Crippen molar-refractivity contribution in [3.05, 3.63) is 0 Å². The Morgan fingerprint density at radius 1 is 0.850 bits per heavy atom. The molecule has 0 heterocycles. The van der Waals surface area contributed by atoms with Gasteiger partial charge in [-0.25, -0.2) is 0 Å². The Hall–Kier alpha value is -1.54. The average molecular weight is 288 g/mol. The highest BCUT2D eigenvalue weighted by Crippen LogP contribution is 2.16. The number of azo groups is 1. The molecule has 0 saturated carbocycles. The van der Waals surface area contributed by atoms with Crippen molar-refractivity contribution < 1.29 is 19.8 Å². The van der Waals surface area contributed by atoms with E-state index in [4.69, 9.17) is 10.2 Å². The van der Waals surface area contributed by atoms with Crippen molar-refractivity contribution in [2.45, 2.75) is 38.8 Å². The Balaban J connectivity index is 4.72. The van der Waals surface area contributed by atoms with Gasteiger partial charge in [-0.2, -0.15) is 10.2 Å². The second-order valence-electron chi connectivity index (χ2n) is 5.28. The molecule has 0 aromatic rings. The molecule has 8 heteroatoms. The lowest BCUT2D eigenvalue weighted by atomic mass is 10.0. The van der Waals surface area contributed by atoms with Crippen molar-refractivity contribution in [2.75, 3.05) is 26.3 Å². The normalized spacial score (nSPS) is 12.5. The minimum Gasteiger partial charge on any atom is -0.395 e. The molecule has 0 aromatic carbocycles. The molecule has 0 atom stereocenters. The zero-order valence-electron chi connectivity index (χ0n) is 12.4. The minimum atomic E-state index is -1.14. The van der Waals surface area contributed by atoms with Crippen LogP contribution in [0.5, 0.6) is 0 Å². The first kappa shape index (κ1) is 18.5. The molecule has 0 aliphatic rings. The molecule has 116 valence electrons. The second kappa shape index (κ2) is 7.91. The molecule has 4 N–H and O–H groups in total. The van der Waals surface area contributed by atoms with Gasteiger partial charge in [0, 0.05) is 13.1 Å². The largest absolute Gasteiger partial charge is 0.395 e. The summed E-state index contributed by atoms with van der Waals surface area (Å²) in [5, 5.41) is 30.1. The number of aliphatic hydroxyl groups is 2. The Bertz CT molecular complexity index is 332. The molecular weight excluding hydrogens is 264 g/mol. The van der Waals surface area contributed by atoms with Crippen molar-refractivity contribution in [1.82, 2.24) is 10.6 Å². The summed E-state index contributed by atoms with van der Waals surface area (Å²) in [6.45, 7) is 6.20. The monoisotopic (exact) mass is 288 g/mol. The predicted octanol–water partition coefficient (Wildman–Crippen LogP) is -0.787. The first-order valence-corrected chi connectivity index (χ1v) is 6.40. The molecule has 0 aliphatic heterocycles. The van der Waals surface area contributed by atoms with E-state index < -0.39 is 11.1 Å². The van der Waals surface area contributed by atoms with E-state index in [-0.39, 0.29) is 38.1 Å². The molecule has 0 radical (unpaired) electrons. The highest BCUT2D eigenvalue weighted by atomic mass is 16.3. The van der Waals surface area contributed by atoms with Crippen LogP contribution in [0.15, 0.2) is 10.2 Å². The number of hydrogen-bond acceptors (Lipinski definition) is 6. The van der Waals surface area contributed by atoms with Crippen molar-refractivity contribution in [1.29, 1.82) is 0 Å². The van der Waals surface area contributed by atoms with Crippen LogP contribution in [-0.4, -0.2) is 59.4 Å². The van der Waals surface area contributed by atoms with Crippen LogP contribution in [0.25, 0.3) is 0 Å². The number of carbonyl (C=O) groups excluding carboxylic acids is 2. The Labute approximate surface area is 118 Å². The number of hydrogen-bond donors (Lipinski definition) is 4. The average Bonchev–Trinajstić information content (AvgIpc) is 2.39. The minimum absolute atomic E-state index is 0.137. The van der Waals surface area contributed by atoms with Gasteiger partial charge in [-0.05, 0) is 27.7 Å². The molecule has 20 heavy (non-hydrogen) atoms. The van der Waals surface area contributed by atoms with Crippen LogP contribution in [-0.2, 0) is 9.59 Å². The maximum Gasteiger partial charge on any atom is 0.249 e. The maximum absolute atomic E-state index is 11.8. The second-order valence-corrected chi connectivity index (χ2v) is 5.28. The predicted molar refractivity (Wildman–Crippen MR) is 73.2 cm³/mol. The molecule has 0 rings (SSSR count). The molecular formula is C12H24N4O4. The Morgan fingerprint density at radius 3 is 1.40 bits per heavy atom. The van der Waals surface area contributed by atoms with Crippen LogP contribution >= 0.6 is 0 Å².